The minimum atomic E-state index is -0.380. The highest BCUT2D eigenvalue weighted by Crippen LogP contribution is 2.37. The molecule has 0 unspecified atom stereocenters. The number of carbonyl (C=O) groups excluding carboxylic acids is 1. The number of ether oxygens (including phenoxy) is 3. The second-order valence-corrected chi connectivity index (χ2v) is 6.26. The molecule has 1 aromatic heterocycles. The first-order valence-electron chi connectivity index (χ1n) is 8.50. The van der Waals surface area contributed by atoms with Gasteiger partial charge in [-0.3, -0.25) is 0 Å². The summed E-state index contributed by atoms with van der Waals surface area (Å²) in [6.07, 6.45) is -0.337. The Balaban J connectivity index is 1.75. The Bertz CT molecular complexity index is 969. The van der Waals surface area contributed by atoms with E-state index in [4.69, 9.17) is 14.2 Å². The van der Waals surface area contributed by atoms with Crippen LogP contribution < -0.4 is 4.74 Å². The molecular weight excluding hydrogens is 330 g/mol. The fourth-order valence-electron chi connectivity index (χ4n) is 3.32. The first kappa shape index (κ1) is 16.5. The van der Waals surface area contributed by atoms with Crippen molar-refractivity contribution in [1.82, 2.24) is 4.98 Å². The van der Waals surface area contributed by atoms with Crippen LogP contribution in [0.15, 0.2) is 48.5 Å². The van der Waals surface area contributed by atoms with Gasteiger partial charge in [0.15, 0.2) is 5.69 Å². The van der Waals surface area contributed by atoms with Crippen LogP contribution in [0.25, 0.3) is 10.9 Å². The Labute approximate surface area is 151 Å². The summed E-state index contributed by atoms with van der Waals surface area (Å²) in [5.74, 6) is 0.357. The molecule has 0 spiro atoms. The number of hydrogen-bond acceptors (Lipinski definition) is 5. The molecular formula is C21H19NO4. The summed E-state index contributed by atoms with van der Waals surface area (Å²) in [7, 11) is 1.63. The topological polar surface area (TPSA) is 57.6 Å². The maximum absolute atomic E-state index is 12.1. The van der Waals surface area contributed by atoms with Crippen LogP contribution in [0.5, 0.6) is 5.75 Å². The summed E-state index contributed by atoms with van der Waals surface area (Å²) in [4.78, 5) is 16.6. The van der Waals surface area contributed by atoms with Crippen LogP contribution in [0.4, 0.5) is 0 Å². The summed E-state index contributed by atoms with van der Waals surface area (Å²) in [6.45, 7) is 2.72. The zero-order chi connectivity index (χ0) is 18.1. The maximum atomic E-state index is 12.1. The lowest BCUT2D eigenvalue weighted by atomic mass is 9.98. The third-order valence-electron chi connectivity index (χ3n) is 4.58. The van der Waals surface area contributed by atoms with Gasteiger partial charge in [-0.1, -0.05) is 30.3 Å². The second kappa shape index (κ2) is 6.77. The molecule has 0 fully saturated rings. The highest BCUT2D eigenvalue weighted by molar-refractivity contribution is 5.97. The number of benzene rings is 2. The quantitative estimate of drug-likeness (QED) is 0.647. The number of carbonyl (C=O) groups is 1. The van der Waals surface area contributed by atoms with Crippen molar-refractivity contribution >= 4 is 16.9 Å². The van der Waals surface area contributed by atoms with Gasteiger partial charge in [0.1, 0.15) is 11.9 Å². The van der Waals surface area contributed by atoms with Crippen LogP contribution in [-0.4, -0.2) is 18.1 Å². The van der Waals surface area contributed by atoms with Crippen molar-refractivity contribution in [1.29, 1.82) is 0 Å². The normalized spacial score (nSPS) is 15.8. The first-order chi connectivity index (χ1) is 12.7. The average molecular weight is 349 g/mol. The molecule has 26 heavy (non-hydrogen) atoms. The highest BCUT2D eigenvalue weighted by Gasteiger charge is 2.33. The van der Waals surface area contributed by atoms with Crippen LogP contribution in [0.2, 0.25) is 0 Å². The maximum Gasteiger partial charge on any atom is 0.357 e. The summed E-state index contributed by atoms with van der Waals surface area (Å²) in [6, 6.07) is 15.6. The van der Waals surface area contributed by atoms with Crippen molar-refractivity contribution in [3.05, 3.63) is 70.9 Å². The van der Waals surface area contributed by atoms with Crippen LogP contribution in [0.3, 0.4) is 0 Å². The third-order valence-corrected chi connectivity index (χ3v) is 4.58. The molecule has 0 saturated carbocycles. The number of nitrogens with zero attached hydrogens (tertiary/aromatic N) is 1. The number of hydrogen-bond donors (Lipinski definition) is 0. The number of pyridine rings is 1. The molecule has 3 aromatic rings. The van der Waals surface area contributed by atoms with E-state index in [1.54, 1.807) is 7.11 Å². The lowest BCUT2D eigenvalue weighted by Crippen LogP contribution is -2.05. The molecule has 0 saturated heterocycles. The number of fused-ring (bicyclic) bond motifs is 2. The van der Waals surface area contributed by atoms with E-state index in [-0.39, 0.29) is 12.1 Å². The van der Waals surface area contributed by atoms with Crippen molar-refractivity contribution in [2.24, 2.45) is 0 Å². The largest absolute Gasteiger partial charge is 0.497 e. The van der Waals surface area contributed by atoms with E-state index in [1.807, 2.05) is 55.5 Å². The van der Waals surface area contributed by atoms with E-state index in [0.29, 0.717) is 18.9 Å². The predicted octanol–water partition coefficient (Wildman–Crippen LogP) is 4.19. The van der Waals surface area contributed by atoms with Crippen molar-refractivity contribution < 1.29 is 19.0 Å². The minimum absolute atomic E-state index is 0.337. The van der Waals surface area contributed by atoms with Crippen LogP contribution in [-0.2, 0) is 22.7 Å². The zero-order valence-electron chi connectivity index (χ0n) is 14.7. The van der Waals surface area contributed by atoms with E-state index in [1.165, 1.54) is 0 Å². The molecule has 1 aliphatic heterocycles. The fourth-order valence-corrected chi connectivity index (χ4v) is 3.32. The Kier molecular flexibility index (Phi) is 4.31. The monoisotopic (exact) mass is 349 g/mol. The molecule has 5 nitrogen and oxygen atoms in total. The smallest absolute Gasteiger partial charge is 0.357 e. The minimum Gasteiger partial charge on any atom is -0.497 e. The fraction of sp³-hybridized carbons (Fsp3) is 0.238. The molecule has 1 atom stereocenters. The van der Waals surface area contributed by atoms with Crippen LogP contribution in [0.1, 0.15) is 40.2 Å². The Morgan fingerprint density at radius 3 is 2.69 bits per heavy atom. The van der Waals surface area contributed by atoms with E-state index >= 15 is 0 Å². The van der Waals surface area contributed by atoms with Gasteiger partial charge in [0.05, 0.1) is 25.8 Å². The Morgan fingerprint density at radius 1 is 1.12 bits per heavy atom. The molecule has 2 heterocycles. The van der Waals surface area contributed by atoms with Gasteiger partial charge in [0.2, 0.25) is 0 Å². The number of rotatable bonds is 5. The van der Waals surface area contributed by atoms with E-state index in [0.717, 1.165) is 33.3 Å². The second-order valence-electron chi connectivity index (χ2n) is 6.26. The standard InChI is InChI=1S/C21H19NO4/c1-13-19-17(12-25-11-14-6-4-3-5-7-14)16-10-15(24-2)8-9-18(16)22-20(19)21(23)26-13/h3-10,13H,11-12H2,1-2H3/t13-/m1/s1. The molecule has 1 aliphatic rings. The molecule has 4 rings (SSSR count). The highest BCUT2D eigenvalue weighted by atomic mass is 16.5. The molecule has 2 aromatic carbocycles. The van der Waals surface area contributed by atoms with E-state index < -0.39 is 0 Å². The average Bonchev–Trinajstić information content (AvgIpc) is 2.95. The molecule has 0 amide bonds. The molecule has 5 heteroatoms. The lowest BCUT2D eigenvalue weighted by Gasteiger charge is -2.14. The molecule has 0 N–H and O–H groups in total. The van der Waals surface area contributed by atoms with Gasteiger partial charge in [-0.15, -0.1) is 0 Å². The number of aromatic nitrogens is 1. The van der Waals surface area contributed by atoms with Crippen LogP contribution in [0, 0.1) is 0 Å². The van der Waals surface area contributed by atoms with Crippen LogP contribution >= 0.6 is 0 Å². The SMILES string of the molecule is COc1ccc2nc3c(c(COCc4ccccc4)c2c1)[C@@H](C)OC3=O. The Hall–Kier alpha value is -2.92. The Morgan fingerprint density at radius 2 is 1.92 bits per heavy atom. The summed E-state index contributed by atoms with van der Waals surface area (Å²) in [5, 5.41) is 0.918. The van der Waals surface area contributed by atoms with Crippen molar-refractivity contribution in [2.45, 2.75) is 26.2 Å². The van der Waals surface area contributed by atoms with Crippen molar-refractivity contribution in [2.75, 3.05) is 7.11 Å². The molecule has 132 valence electrons. The summed E-state index contributed by atoms with van der Waals surface area (Å²) in [5.41, 5.74) is 3.95. The van der Waals surface area contributed by atoms with Gasteiger partial charge >= 0.3 is 5.97 Å². The van der Waals surface area contributed by atoms with Gasteiger partial charge in [0, 0.05) is 10.9 Å². The third kappa shape index (κ3) is 2.91. The molecule has 0 bridgehead atoms. The summed E-state index contributed by atoms with van der Waals surface area (Å²) < 4.78 is 16.7. The van der Waals surface area contributed by atoms with Crippen molar-refractivity contribution in [3.8, 4) is 5.75 Å². The lowest BCUT2D eigenvalue weighted by molar-refractivity contribution is 0.0414. The molecule has 0 radical (unpaired) electrons. The van der Waals surface area contributed by atoms with Gasteiger partial charge in [-0.2, -0.15) is 0 Å². The zero-order valence-corrected chi connectivity index (χ0v) is 14.7. The van der Waals surface area contributed by atoms with Crippen molar-refractivity contribution in [3.63, 3.8) is 0 Å². The van der Waals surface area contributed by atoms with Gasteiger partial charge in [-0.05, 0) is 36.2 Å². The van der Waals surface area contributed by atoms with E-state index in [9.17, 15) is 4.79 Å². The number of cyclic esters (lactones) is 1. The molecule has 0 aliphatic carbocycles. The number of esters is 1. The van der Waals surface area contributed by atoms with Gasteiger partial charge in [-0.25, -0.2) is 9.78 Å². The first-order valence-corrected chi connectivity index (χ1v) is 8.50. The van der Waals surface area contributed by atoms with Gasteiger partial charge < -0.3 is 14.2 Å². The summed E-state index contributed by atoms with van der Waals surface area (Å²) >= 11 is 0. The predicted molar refractivity (Wildman–Crippen MR) is 97.1 cm³/mol. The van der Waals surface area contributed by atoms with E-state index in [2.05, 4.69) is 4.98 Å². The number of methoxy groups -OCH3 is 1. The van der Waals surface area contributed by atoms with Gasteiger partial charge in [0.25, 0.3) is 0 Å².